The van der Waals surface area contributed by atoms with E-state index in [-0.39, 0.29) is 5.56 Å². The Morgan fingerprint density at radius 3 is 2.70 bits per heavy atom. The first-order chi connectivity index (χ1) is 4.68. The number of nitrogens with one attached hydrogen (secondary N) is 2. The molecule has 1 aromatic rings. The Bertz CT molecular complexity index is 288. The Hall–Kier alpha value is -0.840. The third-order valence-electron chi connectivity index (χ3n) is 1.01. The van der Waals surface area contributed by atoms with Gasteiger partial charge in [-0.25, -0.2) is 0 Å². The maximum atomic E-state index is 10.6. The van der Waals surface area contributed by atoms with Crippen LogP contribution in [0.2, 0.25) is 0 Å². The Kier molecular flexibility index (Phi) is 2.06. The van der Waals surface area contributed by atoms with Gasteiger partial charge in [-0.15, -0.1) is 0 Å². The van der Waals surface area contributed by atoms with Crippen molar-refractivity contribution in [1.29, 1.82) is 0 Å². The van der Waals surface area contributed by atoms with Crippen LogP contribution in [0, 0.1) is 0 Å². The highest BCUT2D eigenvalue weighted by molar-refractivity contribution is 7.83. The lowest BCUT2D eigenvalue weighted by atomic mass is 10.5. The van der Waals surface area contributed by atoms with Crippen molar-refractivity contribution in [1.82, 2.24) is 10.2 Å². The normalized spacial score (nSPS) is 13.3. The van der Waals surface area contributed by atoms with Gasteiger partial charge in [-0.2, -0.15) is 0 Å². The van der Waals surface area contributed by atoms with E-state index in [0.29, 0.717) is 11.4 Å². The van der Waals surface area contributed by atoms with Crippen LogP contribution in [0.5, 0.6) is 0 Å². The Morgan fingerprint density at radius 1 is 1.60 bits per heavy atom. The van der Waals surface area contributed by atoms with Crippen LogP contribution in [0.3, 0.4) is 0 Å². The van der Waals surface area contributed by atoms with E-state index in [1.54, 1.807) is 6.26 Å². The molecule has 1 aromatic heterocycles. The lowest BCUT2D eigenvalue weighted by Crippen LogP contribution is -1.94. The molecule has 0 aliphatic heterocycles. The minimum Gasteiger partial charge on any atom is -0.301 e. The van der Waals surface area contributed by atoms with Gasteiger partial charge in [0.1, 0.15) is 0 Å². The predicted octanol–water partition coefficient (Wildman–Crippen LogP) is -0.419. The van der Waals surface area contributed by atoms with E-state index < -0.39 is 10.8 Å². The first-order valence-electron chi connectivity index (χ1n) is 2.75. The molecule has 0 amide bonds. The molecule has 0 fully saturated rings. The summed E-state index contributed by atoms with van der Waals surface area (Å²) >= 11 is 0. The van der Waals surface area contributed by atoms with Gasteiger partial charge in [0, 0.05) is 28.8 Å². The van der Waals surface area contributed by atoms with Gasteiger partial charge in [-0.3, -0.25) is 14.1 Å². The van der Waals surface area contributed by atoms with Crippen molar-refractivity contribution in [2.24, 2.45) is 0 Å². The highest BCUT2D eigenvalue weighted by atomic mass is 32.2. The molecule has 56 valence electrons. The summed E-state index contributed by atoms with van der Waals surface area (Å²) < 4.78 is 10.6. The van der Waals surface area contributed by atoms with E-state index in [1.165, 1.54) is 6.07 Å². The molecule has 0 aliphatic carbocycles. The second-order valence-corrected chi connectivity index (χ2v) is 3.44. The van der Waals surface area contributed by atoms with Crippen LogP contribution in [0.15, 0.2) is 10.9 Å². The fourth-order valence-corrected chi connectivity index (χ4v) is 1.26. The predicted molar refractivity (Wildman–Crippen MR) is 39.2 cm³/mol. The minimum atomic E-state index is -0.893. The van der Waals surface area contributed by atoms with E-state index in [1.807, 2.05) is 0 Å². The first-order valence-corrected chi connectivity index (χ1v) is 4.48. The monoisotopic (exact) mass is 160 g/mol. The molecule has 0 aliphatic rings. The zero-order valence-corrected chi connectivity index (χ0v) is 6.33. The van der Waals surface area contributed by atoms with Crippen LogP contribution in [0.25, 0.3) is 0 Å². The second kappa shape index (κ2) is 2.83. The Balaban J connectivity index is 2.76. The van der Waals surface area contributed by atoms with Crippen molar-refractivity contribution < 1.29 is 4.21 Å². The smallest absolute Gasteiger partial charge is 0.264 e. The van der Waals surface area contributed by atoms with Gasteiger partial charge < -0.3 is 5.10 Å². The molecule has 0 aromatic carbocycles. The van der Waals surface area contributed by atoms with E-state index in [0.717, 1.165) is 0 Å². The molecule has 4 nitrogen and oxygen atoms in total. The molecule has 0 bridgehead atoms. The highest BCUT2D eigenvalue weighted by Crippen LogP contribution is 1.91. The van der Waals surface area contributed by atoms with Crippen LogP contribution in [0.1, 0.15) is 5.69 Å². The summed E-state index contributed by atoms with van der Waals surface area (Å²) in [6.45, 7) is 0. The van der Waals surface area contributed by atoms with Gasteiger partial charge in [0.15, 0.2) is 0 Å². The summed E-state index contributed by atoms with van der Waals surface area (Å²) in [5.41, 5.74) is 0.506. The van der Waals surface area contributed by atoms with Crippen LogP contribution >= 0.6 is 0 Å². The average Bonchev–Trinajstić information content (AvgIpc) is 2.13. The van der Waals surface area contributed by atoms with Gasteiger partial charge in [-0.1, -0.05) is 0 Å². The summed E-state index contributed by atoms with van der Waals surface area (Å²) in [7, 11) is -0.893. The fourth-order valence-electron chi connectivity index (χ4n) is 0.669. The molecule has 0 radical (unpaired) electrons. The van der Waals surface area contributed by atoms with E-state index in [9.17, 15) is 9.00 Å². The lowest BCUT2D eigenvalue weighted by molar-refractivity contribution is 0.685. The third-order valence-corrected chi connectivity index (χ3v) is 1.73. The molecule has 1 rings (SSSR count). The van der Waals surface area contributed by atoms with Crippen molar-refractivity contribution in [2.45, 2.75) is 5.75 Å². The second-order valence-electron chi connectivity index (χ2n) is 2.00. The fraction of sp³-hybridized carbons (Fsp3) is 0.400. The summed E-state index contributed by atoms with van der Waals surface area (Å²) in [6, 6.07) is 1.40. The van der Waals surface area contributed by atoms with Crippen LogP contribution in [-0.4, -0.2) is 20.7 Å². The lowest BCUT2D eigenvalue weighted by Gasteiger charge is -1.88. The number of aromatic nitrogens is 2. The van der Waals surface area contributed by atoms with E-state index in [4.69, 9.17) is 0 Å². The first kappa shape index (κ1) is 7.27. The van der Waals surface area contributed by atoms with Crippen LogP contribution in [0.4, 0.5) is 0 Å². The van der Waals surface area contributed by atoms with Gasteiger partial charge >= 0.3 is 0 Å². The van der Waals surface area contributed by atoms with Crippen molar-refractivity contribution in [3.8, 4) is 0 Å². The maximum Gasteiger partial charge on any atom is 0.264 e. The summed E-state index contributed by atoms with van der Waals surface area (Å²) in [5, 5.41) is 4.97. The molecular formula is C5H8N2O2S. The molecule has 1 unspecified atom stereocenters. The molecule has 0 saturated carbocycles. The van der Waals surface area contributed by atoms with Crippen molar-refractivity contribution in [3.05, 3.63) is 22.1 Å². The number of H-pyrrole nitrogens is 2. The van der Waals surface area contributed by atoms with E-state index >= 15 is 0 Å². The molecule has 1 heterocycles. The topological polar surface area (TPSA) is 65.7 Å². The number of hydrogen-bond acceptors (Lipinski definition) is 2. The van der Waals surface area contributed by atoms with Gasteiger partial charge in [0.25, 0.3) is 5.56 Å². The molecule has 0 saturated heterocycles. The van der Waals surface area contributed by atoms with Crippen molar-refractivity contribution in [2.75, 3.05) is 6.26 Å². The zero-order valence-electron chi connectivity index (χ0n) is 5.51. The molecular weight excluding hydrogens is 152 g/mol. The van der Waals surface area contributed by atoms with Gasteiger partial charge in [-0.05, 0) is 0 Å². The maximum absolute atomic E-state index is 10.6. The van der Waals surface area contributed by atoms with Crippen molar-refractivity contribution in [3.63, 3.8) is 0 Å². The SMILES string of the molecule is CS(=O)Cc1cc(=O)[nH][nH]1. The van der Waals surface area contributed by atoms with Crippen molar-refractivity contribution >= 4 is 10.8 Å². The number of aromatic amines is 2. The largest absolute Gasteiger partial charge is 0.301 e. The summed E-state index contributed by atoms with van der Waals surface area (Å²) in [6.07, 6.45) is 1.59. The molecule has 10 heavy (non-hydrogen) atoms. The van der Waals surface area contributed by atoms with E-state index in [2.05, 4.69) is 10.2 Å². The third kappa shape index (κ3) is 1.84. The van der Waals surface area contributed by atoms with Crippen LogP contribution < -0.4 is 5.56 Å². The standard InChI is InChI=1S/C5H8N2O2S/c1-10(9)3-4-2-5(8)7-6-4/h2H,3H2,1H3,(H2,6,7,8). The Labute approximate surface area is 60.1 Å². The summed E-state index contributed by atoms with van der Waals surface area (Å²) in [5.74, 6) is 0.402. The molecule has 1 atom stereocenters. The average molecular weight is 160 g/mol. The van der Waals surface area contributed by atoms with Gasteiger partial charge in [0.05, 0.1) is 5.75 Å². The minimum absolute atomic E-state index is 0.180. The number of rotatable bonds is 2. The van der Waals surface area contributed by atoms with Gasteiger partial charge in [0.2, 0.25) is 0 Å². The quantitative estimate of drug-likeness (QED) is 0.617. The summed E-state index contributed by atoms with van der Waals surface area (Å²) in [4.78, 5) is 10.5. The zero-order chi connectivity index (χ0) is 7.56. The molecule has 0 spiro atoms. The molecule has 5 heteroatoms. The number of hydrogen-bond donors (Lipinski definition) is 2. The Morgan fingerprint density at radius 2 is 2.30 bits per heavy atom. The van der Waals surface area contributed by atoms with Crippen LogP contribution in [-0.2, 0) is 16.6 Å². The highest BCUT2D eigenvalue weighted by Gasteiger charge is 1.96. The molecule has 2 N–H and O–H groups in total.